The normalized spacial score (nSPS) is 33.9. The van der Waals surface area contributed by atoms with Crippen LogP contribution in [0.25, 0.3) is 0 Å². The summed E-state index contributed by atoms with van der Waals surface area (Å²) in [5.41, 5.74) is 0. The van der Waals surface area contributed by atoms with Crippen molar-refractivity contribution in [3.8, 4) is 0 Å². The van der Waals surface area contributed by atoms with Gasteiger partial charge in [0.1, 0.15) is 6.10 Å². The van der Waals surface area contributed by atoms with Crippen LogP contribution in [0.15, 0.2) is 12.2 Å². The van der Waals surface area contributed by atoms with E-state index < -0.39 is 0 Å². The first-order chi connectivity index (χ1) is 7.74. The summed E-state index contributed by atoms with van der Waals surface area (Å²) in [4.78, 5) is 10.8. The summed E-state index contributed by atoms with van der Waals surface area (Å²) in [5, 5.41) is 0. The zero-order chi connectivity index (χ0) is 11.4. The van der Waals surface area contributed by atoms with Gasteiger partial charge in [-0.15, -0.1) is 0 Å². The Kier molecular flexibility index (Phi) is 3.96. The molecule has 0 aromatic heterocycles. The van der Waals surface area contributed by atoms with Crippen LogP contribution in [0.3, 0.4) is 0 Å². The summed E-state index contributed by atoms with van der Waals surface area (Å²) in [5.74, 6) is -0.246. The molecule has 1 aliphatic heterocycles. The van der Waals surface area contributed by atoms with Gasteiger partial charge in [-0.25, -0.2) is 0 Å². The standard InChI is InChI=1S/C12H18O4/c1-9(13)15-10-5-6-11(8-10)16-12-4-2-3-7-14-12/h5-6,10-12H,2-4,7-8H2,1H3/t10-,11+,12?/m0/s1. The van der Waals surface area contributed by atoms with Gasteiger partial charge in [-0.1, -0.05) is 6.08 Å². The molecule has 0 saturated carbocycles. The first kappa shape index (κ1) is 11.6. The second kappa shape index (κ2) is 5.46. The van der Waals surface area contributed by atoms with E-state index in [1.54, 1.807) is 0 Å². The van der Waals surface area contributed by atoms with Crippen molar-refractivity contribution in [3.05, 3.63) is 12.2 Å². The summed E-state index contributed by atoms with van der Waals surface area (Å²) >= 11 is 0. The highest BCUT2D eigenvalue weighted by Crippen LogP contribution is 2.22. The fourth-order valence-corrected chi connectivity index (χ4v) is 2.05. The van der Waals surface area contributed by atoms with Crippen molar-refractivity contribution < 1.29 is 19.0 Å². The topological polar surface area (TPSA) is 44.8 Å². The van der Waals surface area contributed by atoms with Crippen LogP contribution in [0.5, 0.6) is 0 Å². The smallest absolute Gasteiger partial charge is 0.303 e. The van der Waals surface area contributed by atoms with E-state index in [1.807, 2.05) is 12.2 Å². The summed E-state index contributed by atoms with van der Waals surface area (Å²) in [7, 11) is 0. The van der Waals surface area contributed by atoms with Crippen LogP contribution < -0.4 is 0 Å². The number of carbonyl (C=O) groups is 1. The zero-order valence-corrected chi connectivity index (χ0v) is 9.56. The van der Waals surface area contributed by atoms with E-state index in [4.69, 9.17) is 14.2 Å². The Hall–Kier alpha value is -0.870. The third kappa shape index (κ3) is 3.32. The molecule has 3 atom stereocenters. The van der Waals surface area contributed by atoms with E-state index in [1.165, 1.54) is 6.92 Å². The van der Waals surface area contributed by atoms with E-state index in [-0.39, 0.29) is 24.5 Å². The van der Waals surface area contributed by atoms with Gasteiger partial charge in [0.25, 0.3) is 0 Å². The van der Waals surface area contributed by atoms with Gasteiger partial charge in [0.2, 0.25) is 0 Å². The van der Waals surface area contributed by atoms with Crippen LogP contribution in [-0.4, -0.2) is 31.1 Å². The summed E-state index contributed by atoms with van der Waals surface area (Å²) in [6.45, 7) is 2.21. The van der Waals surface area contributed by atoms with Gasteiger partial charge in [-0.2, -0.15) is 0 Å². The highest BCUT2D eigenvalue weighted by atomic mass is 16.7. The molecule has 1 fully saturated rings. The largest absolute Gasteiger partial charge is 0.458 e. The average Bonchev–Trinajstić information content (AvgIpc) is 2.66. The fraction of sp³-hybridized carbons (Fsp3) is 0.750. The first-order valence-corrected chi connectivity index (χ1v) is 5.86. The molecule has 1 heterocycles. The van der Waals surface area contributed by atoms with Crippen LogP contribution in [0.2, 0.25) is 0 Å². The zero-order valence-electron chi connectivity index (χ0n) is 9.56. The molecule has 0 N–H and O–H groups in total. The lowest BCUT2D eigenvalue weighted by atomic mass is 10.2. The van der Waals surface area contributed by atoms with Gasteiger partial charge in [0.15, 0.2) is 6.29 Å². The predicted molar refractivity (Wildman–Crippen MR) is 57.8 cm³/mol. The van der Waals surface area contributed by atoms with Gasteiger partial charge in [-0.3, -0.25) is 4.79 Å². The highest BCUT2D eigenvalue weighted by molar-refractivity contribution is 5.66. The van der Waals surface area contributed by atoms with E-state index in [2.05, 4.69) is 0 Å². The lowest BCUT2D eigenvalue weighted by Crippen LogP contribution is -2.27. The molecule has 2 rings (SSSR count). The van der Waals surface area contributed by atoms with Gasteiger partial charge < -0.3 is 14.2 Å². The summed E-state index contributed by atoms with van der Waals surface area (Å²) in [6, 6.07) is 0. The van der Waals surface area contributed by atoms with Crippen molar-refractivity contribution in [2.45, 2.75) is 51.1 Å². The molecule has 90 valence electrons. The minimum absolute atomic E-state index is 0.0208. The third-order valence-corrected chi connectivity index (χ3v) is 2.79. The molecule has 16 heavy (non-hydrogen) atoms. The molecule has 4 nitrogen and oxygen atoms in total. The van der Waals surface area contributed by atoms with E-state index in [0.717, 1.165) is 25.9 Å². The van der Waals surface area contributed by atoms with Crippen LogP contribution >= 0.6 is 0 Å². The number of carbonyl (C=O) groups excluding carboxylic acids is 1. The number of hydrogen-bond donors (Lipinski definition) is 0. The summed E-state index contributed by atoms with van der Waals surface area (Å²) in [6.07, 6.45) is 7.59. The van der Waals surface area contributed by atoms with Crippen LogP contribution in [0, 0.1) is 0 Å². The maximum absolute atomic E-state index is 10.8. The van der Waals surface area contributed by atoms with Crippen LogP contribution in [-0.2, 0) is 19.0 Å². The molecule has 0 bridgehead atoms. The van der Waals surface area contributed by atoms with E-state index in [9.17, 15) is 4.79 Å². The molecule has 0 amide bonds. The minimum Gasteiger partial charge on any atom is -0.458 e. The molecule has 0 spiro atoms. The molecule has 1 aliphatic carbocycles. The molecule has 0 aromatic rings. The fourth-order valence-electron chi connectivity index (χ4n) is 2.05. The van der Waals surface area contributed by atoms with Gasteiger partial charge in [-0.05, 0) is 25.3 Å². The predicted octanol–water partition coefficient (Wildman–Crippen LogP) is 1.79. The monoisotopic (exact) mass is 226 g/mol. The molecular weight excluding hydrogens is 208 g/mol. The van der Waals surface area contributed by atoms with Crippen molar-refractivity contribution >= 4 is 5.97 Å². The Morgan fingerprint density at radius 1 is 1.31 bits per heavy atom. The highest BCUT2D eigenvalue weighted by Gasteiger charge is 2.25. The lowest BCUT2D eigenvalue weighted by Gasteiger charge is -2.25. The Morgan fingerprint density at radius 2 is 2.12 bits per heavy atom. The Bertz CT molecular complexity index is 268. The third-order valence-electron chi connectivity index (χ3n) is 2.79. The van der Waals surface area contributed by atoms with Crippen molar-refractivity contribution in [2.75, 3.05) is 6.61 Å². The van der Waals surface area contributed by atoms with Crippen molar-refractivity contribution in [3.63, 3.8) is 0 Å². The van der Waals surface area contributed by atoms with Crippen LogP contribution in [0.1, 0.15) is 32.6 Å². The molecule has 4 heteroatoms. The molecule has 1 saturated heterocycles. The van der Waals surface area contributed by atoms with E-state index >= 15 is 0 Å². The maximum atomic E-state index is 10.8. The Balaban J connectivity index is 1.72. The minimum atomic E-state index is -0.246. The molecule has 1 unspecified atom stereocenters. The number of esters is 1. The Morgan fingerprint density at radius 3 is 2.81 bits per heavy atom. The van der Waals surface area contributed by atoms with Crippen LogP contribution in [0.4, 0.5) is 0 Å². The summed E-state index contributed by atoms with van der Waals surface area (Å²) < 4.78 is 16.3. The molecule has 0 aromatic carbocycles. The SMILES string of the molecule is CC(=O)O[C@H]1C=C[C@@H](OC2CCCCO2)C1. The molecule has 0 radical (unpaired) electrons. The molecule has 2 aliphatic rings. The maximum Gasteiger partial charge on any atom is 0.303 e. The van der Waals surface area contributed by atoms with Crippen molar-refractivity contribution in [2.24, 2.45) is 0 Å². The van der Waals surface area contributed by atoms with Gasteiger partial charge in [0.05, 0.1) is 6.10 Å². The number of rotatable bonds is 3. The lowest BCUT2D eigenvalue weighted by molar-refractivity contribution is -0.181. The Labute approximate surface area is 95.6 Å². The van der Waals surface area contributed by atoms with Crippen molar-refractivity contribution in [1.82, 2.24) is 0 Å². The average molecular weight is 226 g/mol. The second-order valence-electron chi connectivity index (χ2n) is 4.24. The van der Waals surface area contributed by atoms with Gasteiger partial charge in [0, 0.05) is 20.0 Å². The number of ether oxygens (including phenoxy) is 3. The quantitative estimate of drug-likeness (QED) is 0.543. The second-order valence-corrected chi connectivity index (χ2v) is 4.24. The number of hydrogen-bond acceptors (Lipinski definition) is 4. The van der Waals surface area contributed by atoms with Gasteiger partial charge >= 0.3 is 5.97 Å². The van der Waals surface area contributed by atoms with Crippen molar-refractivity contribution in [1.29, 1.82) is 0 Å². The first-order valence-electron chi connectivity index (χ1n) is 5.86. The molecular formula is C12H18O4. The van der Waals surface area contributed by atoms with E-state index in [0.29, 0.717) is 6.42 Å².